The first kappa shape index (κ1) is 20.3. The molecule has 0 heterocycles. The standard InChI is InChI=1S/C23H22OP.BrH/c1-2-20(24)18-19-25(21-12-6-3-7-13-21,22-14-8-4-9-15-22)23-16-10-5-11-17-23;/h3-19H,2H2,1H3;1H/q+1;/p-1. The number of halogens is 1. The maximum absolute atomic E-state index is 12.1. The molecule has 0 spiro atoms. The van der Waals surface area contributed by atoms with E-state index in [9.17, 15) is 4.79 Å². The van der Waals surface area contributed by atoms with Gasteiger partial charge in [0.2, 0.25) is 0 Å². The second-order valence-electron chi connectivity index (χ2n) is 5.86. The SMILES string of the molecule is CCC(=O)C=C[P+](c1ccccc1)(c1ccccc1)c1ccccc1.[Br-]. The van der Waals surface area contributed by atoms with E-state index in [2.05, 4.69) is 78.6 Å². The Morgan fingerprint density at radius 2 is 1.08 bits per heavy atom. The molecule has 0 fully saturated rings. The molecule has 3 rings (SSSR count). The molecule has 0 aliphatic heterocycles. The molecule has 0 saturated heterocycles. The third kappa shape index (κ3) is 4.20. The van der Waals surface area contributed by atoms with Crippen LogP contribution in [0.15, 0.2) is 103 Å². The lowest BCUT2D eigenvalue weighted by Crippen LogP contribution is -3.00. The Morgan fingerprint density at radius 3 is 1.38 bits per heavy atom. The van der Waals surface area contributed by atoms with Gasteiger partial charge in [-0.3, -0.25) is 4.79 Å². The molecular weight excluding hydrogens is 403 g/mol. The molecule has 132 valence electrons. The van der Waals surface area contributed by atoms with Gasteiger partial charge < -0.3 is 17.0 Å². The van der Waals surface area contributed by atoms with Crippen LogP contribution >= 0.6 is 7.26 Å². The van der Waals surface area contributed by atoms with E-state index in [1.165, 1.54) is 15.9 Å². The lowest BCUT2D eigenvalue weighted by atomic mass is 10.3. The number of allylic oxidation sites excluding steroid dienone is 1. The van der Waals surface area contributed by atoms with Crippen molar-refractivity contribution in [3.05, 3.63) is 103 Å². The Balaban J connectivity index is 0.00000243. The number of hydrogen-bond donors (Lipinski definition) is 0. The van der Waals surface area contributed by atoms with Gasteiger partial charge in [-0.05, 0) is 36.4 Å². The molecule has 3 aromatic rings. The number of ketones is 1. The predicted octanol–water partition coefficient (Wildman–Crippen LogP) is 1.48. The molecule has 0 amide bonds. The Labute approximate surface area is 166 Å². The molecule has 26 heavy (non-hydrogen) atoms. The van der Waals surface area contributed by atoms with Crippen LogP contribution in [0.3, 0.4) is 0 Å². The molecule has 0 unspecified atom stereocenters. The van der Waals surface area contributed by atoms with Gasteiger partial charge in [-0.25, -0.2) is 0 Å². The molecular formula is C23H22BrOP. The Morgan fingerprint density at radius 1 is 0.731 bits per heavy atom. The number of benzene rings is 3. The molecule has 0 atom stereocenters. The second kappa shape index (κ2) is 9.62. The lowest BCUT2D eigenvalue weighted by molar-refractivity contribution is -0.114. The molecule has 1 nitrogen and oxygen atoms in total. The minimum absolute atomic E-state index is 0. The minimum atomic E-state index is -2.02. The third-order valence-electron chi connectivity index (χ3n) is 4.32. The maximum atomic E-state index is 12.1. The van der Waals surface area contributed by atoms with Crippen molar-refractivity contribution in [3.63, 3.8) is 0 Å². The van der Waals surface area contributed by atoms with Crippen LogP contribution in [0.25, 0.3) is 0 Å². The zero-order valence-electron chi connectivity index (χ0n) is 14.8. The van der Waals surface area contributed by atoms with Crippen molar-refractivity contribution in [1.29, 1.82) is 0 Å². The van der Waals surface area contributed by atoms with Crippen molar-refractivity contribution in [3.8, 4) is 0 Å². The second-order valence-corrected chi connectivity index (χ2v) is 9.16. The quantitative estimate of drug-likeness (QED) is 0.432. The maximum Gasteiger partial charge on any atom is 0.158 e. The van der Waals surface area contributed by atoms with Gasteiger partial charge in [-0.2, -0.15) is 0 Å². The monoisotopic (exact) mass is 424 g/mol. The largest absolute Gasteiger partial charge is 1.00 e. The smallest absolute Gasteiger partial charge is 0.158 e. The molecule has 3 heteroatoms. The molecule has 0 saturated carbocycles. The van der Waals surface area contributed by atoms with Crippen molar-refractivity contribution in [1.82, 2.24) is 0 Å². The first-order valence-electron chi connectivity index (χ1n) is 8.55. The molecule has 0 aliphatic rings. The van der Waals surface area contributed by atoms with Crippen LogP contribution in [-0.4, -0.2) is 5.78 Å². The number of carbonyl (C=O) groups is 1. The van der Waals surface area contributed by atoms with Gasteiger partial charge in [-0.1, -0.05) is 61.5 Å². The van der Waals surface area contributed by atoms with Crippen molar-refractivity contribution in [2.24, 2.45) is 0 Å². The Hall–Kier alpha value is -2.02. The van der Waals surface area contributed by atoms with Crippen LogP contribution in [0.1, 0.15) is 13.3 Å². The first-order valence-corrected chi connectivity index (χ1v) is 10.4. The fourth-order valence-electron chi connectivity index (χ4n) is 3.01. The summed E-state index contributed by atoms with van der Waals surface area (Å²) < 4.78 is 0. The summed E-state index contributed by atoms with van der Waals surface area (Å²) in [7, 11) is -2.02. The average molecular weight is 425 g/mol. The topological polar surface area (TPSA) is 17.1 Å². The zero-order valence-corrected chi connectivity index (χ0v) is 17.2. The summed E-state index contributed by atoms with van der Waals surface area (Å²) in [6.07, 6.45) is 2.30. The van der Waals surface area contributed by atoms with Gasteiger partial charge in [0.15, 0.2) is 5.78 Å². The van der Waals surface area contributed by atoms with Crippen molar-refractivity contribution >= 4 is 29.0 Å². The molecule has 0 aromatic heterocycles. The van der Waals surface area contributed by atoms with Crippen LogP contribution in [0.2, 0.25) is 0 Å². The van der Waals surface area contributed by atoms with E-state index >= 15 is 0 Å². The fourth-order valence-corrected chi connectivity index (χ4v) is 6.74. The van der Waals surface area contributed by atoms with Crippen LogP contribution in [0.4, 0.5) is 0 Å². The van der Waals surface area contributed by atoms with Crippen molar-refractivity contribution in [2.75, 3.05) is 0 Å². The normalized spacial score (nSPS) is 11.1. The molecule has 0 bridgehead atoms. The molecule has 0 aliphatic carbocycles. The van der Waals surface area contributed by atoms with Gasteiger partial charge in [0.05, 0.1) is 5.82 Å². The van der Waals surface area contributed by atoms with E-state index < -0.39 is 7.26 Å². The van der Waals surface area contributed by atoms with Gasteiger partial charge in [0.1, 0.15) is 23.2 Å². The summed E-state index contributed by atoms with van der Waals surface area (Å²) in [5.41, 5.74) is 0. The Bertz CT molecular complexity index is 748. The van der Waals surface area contributed by atoms with Crippen LogP contribution < -0.4 is 32.9 Å². The van der Waals surface area contributed by atoms with Gasteiger partial charge in [0, 0.05) is 12.5 Å². The highest BCUT2D eigenvalue weighted by molar-refractivity contribution is 7.98. The third-order valence-corrected chi connectivity index (χ3v) is 8.26. The highest BCUT2D eigenvalue weighted by Crippen LogP contribution is 2.56. The Kier molecular flexibility index (Phi) is 7.50. The molecule has 3 aromatic carbocycles. The minimum Gasteiger partial charge on any atom is -1.00 e. The number of carbonyl (C=O) groups excluding carboxylic acids is 1. The van der Waals surface area contributed by atoms with Gasteiger partial charge in [-0.15, -0.1) is 0 Å². The van der Waals surface area contributed by atoms with Crippen molar-refractivity contribution < 1.29 is 21.8 Å². The summed E-state index contributed by atoms with van der Waals surface area (Å²) in [5, 5.41) is 3.77. The summed E-state index contributed by atoms with van der Waals surface area (Å²) in [6, 6.07) is 31.6. The van der Waals surface area contributed by atoms with E-state index in [1.807, 2.05) is 25.1 Å². The van der Waals surface area contributed by atoms with E-state index in [-0.39, 0.29) is 22.8 Å². The molecule has 0 radical (unpaired) electrons. The summed E-state index contributed by atoms with van der Waals surface area (Å²) in [6.45, 7) is 1.90. The van der Waals surface area contributed by atoms with E-state index in [4.69, 9.17) is 0 Å². The van der Waals surface area contributed by atoms with E-state index in [1.54, 1.807) is 6.08 Å². The summed E-state index contributed by atoms with van der Waals surface area (Å²) in [4.78, 5) is 12.1. The van der Waals surface area contributed by atoms with E-state index in [0.717, 1.165) is 0 Å². The van der Waals surface area contributed by atoms with Crippen molar-refractivity contribution in [2.45, 2.75) is 13.3 Å². The highest BCUT2D eigenvalue weighted by atomic mass is 79.9. The van der Waals surface area contributed by atoms with Crippen LogP contribution in [0.5, 0.6) is 0 Å². The highest BCUT2D eigenvalue weighted by Gasteiger charge is 2.43. The first-order chi connectivity index (χ1) is 12.3. The van der Waals surface area contributed by atoms with Crippen LogP contribution in [0, 0.1) is 0 Å². The number of hydrogen-bond acceptors (Lipinski definition) is 1. The average Bonchev–Trinajstić information content (AvgIpc) is 2.71. The molecule has 0 N–H and O–H groups in total. The van der Waals surface area contributed by atoms with Crippen LogP contribution in [-0.2, 0) is 4.79 Å². The fraction of sp³-hybridized carbons (Fsp3) is 0.0870. The lowest BCUT2D eigenvalue weighted by Gasteiger charge is -2.23. The summed E-state index contributed by atoms with van der Waals surface area (Å²) >= 11 is 0. The van der Waals surface area contributed by atoms with Gasteiger partial charge in [0.25, 0.3) is 0 Å². The van der Waals surface area contributed by atoms with E-state index in [0.29, 0.717) is 6.42 Å². The summed E-state index contributed by atoms with van der Waals surface area (Å²) in [5.74, 6) is 2.32. The van der Waals surface area contributed by atoms with Gasteiger partial charge >= 0.3 is 0 Å². The zero-order chi connectivity index (χ0) is 17.5. The predicted molar refractivity (Wildman–Crippen MR) is 110 cm³/mol. The number of rotatable bonds is 6.